The van der Waals surface area contributed by atoms with Gasteiger partial charge in [-0.1, -0.05) is 17.7 Å². The summed E-state index contributed by atoms with van der Waals surface area (Å²) in [6, 6.07) is 15.7. The first-order chi connectivity index (χ1) is 14.4. The molecule has 0 saturated carbocycles. The van der Waals surface area contributed by atoms with Gasteiger partial charge in [-0.2, -0.15) is 0 Å². The molecule has 2 aromatic carbocycles. The summed E-state index contributed by atoms with van der Waals surface area (Å²) in [6.07, 6.45) is 3.78. The molecule has 8 heteroatoms. The maximum absolute atomic E-state index is 12.1. The number of amides is 2. The fraction of sp³-hybridized carbons (Fsp3) is 0.136. The number of aromatic nitrogens is 1. The monoisotopic (exact) mass is 425 g/mol. The predicted molar refractivity (Wildman–Crippen MR) is 114 cm³/mol. The van der Waals surface area contributed by atoms with Crippen molar-refractivity contribution >= 4 is 35.1 Å². The van der Waals surface area contributed by atoms with Crippen LogP contribution in [0.1, 0.15) is 15.9 Å². The molecule has 3 rings (SSSR count). The van der Waals surface area contributed by atoms with Crippen LogP contribution >= 0.6 is 11.6 Å². The van der Waals surface area contributed by atoms with E-state index < -0.39 is 24.4 Å². The number of hydrogen-bond donors (Lipinski definition) is 2. The third-order valence-electron chi connectivity index (χ3n) is 4.33. The highest BCUT2D eigenvalue weighted by molar-refractivity contribution is 6.31. The van der Waals surface area contributed by atoms with Gasteiger partial charge in [0.25, 0.3) is 5.91 Å². The summed E-state index contributed by atoms with van der Waals surface area (Å²) in [4.78, 5) is 36.0. The van der Waals surface area contributed by atoms with Gasteiger partial charge in [-0.05, 0) is 61.0 Å². The van der Waals surface area contributed by atoms with E-state index in [1.165, 1.54) is 0 Å². The SMILES string of the molecule is Cc1c(Cl)cccc1NC(=O)CNC(=O)COC(=O)c1ccc(-n2cccc2)cc1. The summed E-state index contributed by atoms with van der Waals surface area (Å²) in [6.45, 7) is 1.04. The van der Waals surface area contributed by atoms with Crippen molar-refractivity contribution in [3.05, 3.63) is 83.1 Å². The largest absolute Gasteiger partial charge is 0.452 e. The molecule has 2 amide bonds. The van der Waals surface area contributed by atoms with Gasteiger partial charge in [0.05, 0.1) is 12.1 Å². The van der Waals surface area contributed by atoms with Crippen LogP contribution in [0, 0.1) is 6.92 Å². The van der Waals surface area contributed by atoms with Gasteiger partial charge in [-0.15, -0.1) is 0 Å². The Morgan fingerprint density at radius 2 is 1.67 bits per heavy atom. The van der Waals surface area contributed by atoms with Gasteiger partial charge in [0.1, 0.15) is 0 Å². The molecule has 0 radical (unpaired) electrons. The minimum atomic E-state index is -0.622. The molecule has 154 valence electrons. The van der Waals surface area contributed by atoms with Crippen molar-refractivity contribution in [2.24, 2.45) is 0 Å². The third-order valence-corrected chi connectivity index (χ3v) is 4.74. The van der Waals surface area contributed by atoms with Crippen LogP contribution in [0.5, 0.6) is 0 Å². The Hall–Kier alpha value is -3.58. The fourth-order valence-electron chi connectivity index (χ4n) is 2.66. The molecule has 0 aliphatic rings. The molecule has 30 heavy (non-hydrogen) atoms. The first-order valence-corrected chi connectivity index (χ1v) is 9.54. The first-order valence-electron chi connectivity index (χ1n) is 9.16. The summed E-state index contributed by atoms with van der Waals surface area (Å²) in [5, 5.41) is 5.61. The second kappa shape index (κ2) is 9.76. The van der Waals surface area contributed by atoms with Gasteiger partial charge in [0, 0.05) is 28.8 Å². The van der Waals surface area contributed by atoms with Crippen molar-refractivity contribution in [3.8, 4) is 5.69 Å². The molecule has 3 aromatic rings. The smallest absolute Gasteiger partial charge is 0.338 e. The number of ether oxygens (including phenoxy) is 1. The second-order valence-electron chi connectivity index (χ2n) is 6.45. The number of nitrogens with one attached hydrogen (secondary N) is 2. The summed E-state index contributed by atoms with van der Waals surface area (Å²) < 4.78 is 6.90. The molecular weight excluding hydrogens is 406 g/mol. The second-order valence-corrected chi connectivity index (χ2v) is 6.86. The molecule has 0 atom stereocenters. The molecule has 0 unspecified atom stereocenters. The highest BCUT2D eigenvalue weighted by Gasteiger charge is 2.12. The number of carbonyl (C=O) groups excluding carboxylic acids is 3. The van der Waals surface area contributed by atoms with Gasteiger partial charge in [-0.3, -0.25) is 9.59 Å². The molecule has 2 N–H and O–H groups in total. The van der Waals surface area contributed by atoms with Crippen LogP contribution in [0.4, 0.5) is 5.69 Å². The molecular formula is C22H20ClN3O4. The molecule has 0 saturated heterocycles. The van der Waals surface area contributed by atoms with Crippen molar-refractivity contribution < 1.29 is 19.1 Å². The van der Waals surface area contributed by atoms with Gasteiger partial charge in [0.15, 0.2) is 6.61 Å². The molecule has 1 aromatic heterocycles. The average Bonchev–Trinajstić information content (AvgIpc) is 3.29. The van der Waals surface area contributed by atoms with Crippen molar-refractivity contribution in [3.63, 3.8) is 0 Å². The maximum atomic E-state index is 12.1. The Balaban J connectivity index is 1.43. The van der Waals surface area contributed by atoms with Crippen molar-refractivity contribution in [2.45, 2.75) is 6.92 Å². The Bertz CT molecular complexity index is 1050. The Labute approximate surface area is 178 Å². The number of rotatable bonds is 7. The number of esters is 1. The molecule has 0 fully saturated rings. The zero-order valence-electron chi connectivity index (χ0n) is 16.2. The number of carbonyl (C=O) groups is 3. The van der Waals surface area contributed by atoms with E-state index in [4.69, 9.17) is 16.3 Å². The molecule has 0 bridgehead atoms. The van der Waals surface area contributed by atoms with E-state index in [9.17, 15) is 14.4 Å². The van der Waals surface area contributed by atoms with Crippen molar-refractivity contribution in [1.82, 2.24) is 9.88 Å². The van der Waals surface area contributed by atoms with Gasteiger partial charge in [0.2, 0.25) is 5.91 Å². The summed E-state index contributed by atoms with van der Waals surface area (Å²) >= 11 is 6.01. The predicted octanol–water partition coefficient (Wildman–Crippen LogP) is 3.35. The number of anilines is 1. The topological polar surface area (TPSA) is 89.4 Å². The van der Waals surface area contributed by atoms with Gasteiger partial charge < -0.3 is 19.9 Å². The minimum Gasteiger partial charge on any atom is -0.452 e. The number of hydrogen-bond acceptors (Lipinski definition) is 4. The standard InChI is InChI=1S/C22H20ClN3O4/c1-15-18(23)5-4-6-19(15)25-20(27)13-24-21(28)14-30-22(29)16-7-9-17(10-8-16)26-11-2-3-12-26/h2-12H,13-14H2,1H3,(H,24,28)(H,25,27). The van der Waals surface area contributed by atoms with Gasteiger partial charge in [-0.25, -0.2) is 4.79 Å². The number of halogens is 1. The van der Waals surface area contributed by atoms with E-state index in [0.717, 1.165) is 11.3 Å². The number of benzene rings is 2. The van der Waals surface area contributed by atoms with Crippen LogP contribution in [0.25, 0.3) is 5.69 Å². The van der Waals surface area contributed by atoms with Crippen molar-refractivity contribution in [2.75, 3.05) is 18.5 Å². The fourth-order valence-corrected chi connectivity index (χ4v) is 2.83. The van der Waals surface area contributed by atoms with Crippen LogP contribution < -0.4 is 10.6 Å². The lowest BCUT2D eigenvalue weighted by Crippen LogP contribution is -2.35. The summed E-state index contributed by atoms with van der Waals surface area (Å²) in [5.74, 6) is -1.62. The lowest BCUT2D eigenvalue weighted by Gasteiger charge is -2.10. The summed E-state index contributed by atoms with van der Waals surface area (Å²) in [5.41, 5.74) is 2.52. The molecule has 0 aliphatic heterocycles. The van der Waals surface area contributed by atoms with Crippen LogP contribution in [0.15, 0.2) is 67.0 Å². The van der Waals surface area contributed by atoms with E-state index in [1.807, 2.05) is 29.1 Å². The summed E-state index contributed by atoms with van der Waals surface area (Å²) in [7, 11) is 0. The van der Waals surface area contributed by atoms with Gasteiger partial charge >= 0.3 is 5.97 Å². The zero-order valence-corrected chi connectivity index (χ0v) is 17.0. The first kappa shape index (κ1) is 21.1. The van der Waals surface area contributed by atoms with Crippen LogP contribution in [0.2, 0.25) is 5.02 Å². The van der Waals surface area contributed by atoms with E-state index in [1.54, 1.807) is 49.4 Å². The Morgan fingerprint density at radius 1 is 0.967 bits per heavy atom. The Morgan fingerprint density at radius 3 is 2.37 bits per heavy atom. The highest BCUT2D eigenvalue weighted by atomic mass is 35.5. The molecule has 1 heterocycles. The molecule has 0 spiro atoms. The Kier molecular flexibility index (Phi) is 6.87. The van der Waals surface area contributed by atoms with E-state index >= 15 is 0 Å². The van der Waals surface area contributed by atoms with E-state index in [0.29, 0.717) is 16.3 Å². The highest BCUT2D eigenvalue weighted by Crippen LogP contribution is 2.22. The maximum Gasteiger partial charge on any atom is 0.338 e. The minimum absolute atomic E-state index is 0.256. The lowest BCUT2D eigenvalue weighted by molar-refractivity contribution is -0.126. The quantitative estimate of drug-likeness (QED) is 0.568. The van der Waals surface area contributed by atoms with Crippen LogP contribution in [-0.2, 0) is 14.3 Å². The van der Waals surface area contributed by atoms with Crippen LogP contribution in [0.3, 0.4) is 0 Å². The molecule has 7 nitrogen and oxygen atoms in total. The zero-order chi connectivity index (χ0) is 21.5. The molecule has 0 aliphatic carbocycles. The van der Waals surface area contributed by atoms with E-state index in [-0.39, 0.29) is 6.54 Å². The van der Waals surface area contributed by atoms with Crippen LogP contribution in [-0.4, -0.2) is 35.5 Å². The van der Waals surface area contributed by atoms with Crippen molar-refractivity contribution in [1.29, 1.82) is 0 Å². The average molecular weight is 426 g/mol. The normalized spacial score (nSPS) is 10.3. The third kappa shape index (κ3) is 5.48. The lowest BCUT2D eigenvalue weighted by atomic mass is 10.2. The number of nitrogens with zero attached hydrogens (tertiary/aromatic N) is 1. The van der Waals surface area contributed by atoms with E-state index in [2.05, 4.69) is 10.6 Å².